The van der Waals surface area contributed by atoms with Crippen LogP contribution in [0.4, 0.5) is 0 Å². The van der Waals surface area contributed by atoms with Gasteiger partial charge in [0, 0.05) is 0 Å². The fourth-order valence-electron chi connectivity index (χ4n) is 1.83. The predicted octanol–water partition coefficient (Wildman–Crippen LogP) is 3.60. The Morgan fingerprint density at radius 1 is 1.40 bits per heavy atom. The van der Waals surface area contributed by atoms with E-state index in [-0.39, 0.29) is 11.5 Å². The van der Waals surface area contributed by atoms with Crippen molar-refractivity contribution in [2.75, 3.05) is 0 Å². The number of carboxylic acid groups (broad SMARTS) is 1. The van der Waals surface area contributed by atoms with Gasteiger partial charge in [0.25, 0.3) is 0 Å². The Labute approximate surface area is 122 Å². The van der Waals surface area contributed by atoms with Crippen molar-refractivity contribution in [2.45, 2.75) is 33.8 Å². The molecule has 0 amide bonds. The molecule has 1 aromatic heterocycles. The van der Waals surface area contributed by atoms with Crippen molar-refractivity contribution in [3.05, 3.63) is 44.9 Å². The second-order valence-electron chi connectivity index (χ2n) is 4.60. The molecule has 0 aliphatic carbocycles. The van der Waals surface area contributed by atoms with Gasteiger partial charge in [0.15, 0.2) is 0 Å². The van der Waals surface area contributed by atoms with Crippen LogP contribution < -0.4 is 4.74 Å². The van der Waals surface area contributed by atoms with Crippen molar-refractivity contribution in [1.29, 1.82) is 0 Å². The molecule has 0 saturated carbocycles. The molecule has 2 rings (SSSR count). The minimum atomic E-state index is -0.943. The first-order valence-electron chi connectivity index (χ1n) is 6.43. The highest BCUT2D eigenvalue weighted by Crippen LogP contribution is 2.23. The van der Waals surface area contributed by atoms with Gasteiger partial charge >= 0.3 is 5.97 Å². The molecule has 0 spiro atoms. The van der Waals surface area contributed by atoms with Crippen molar-refractivity contribution in [2.24, 2.45) is 0 Å². The summed E-state index contributed by atoms with van der Waals surface area (Å²) in [5.74, 6) is -0.172. The van der Waals surface area contributed by atoms with Crippen LogP contribution in [0.5, 0.6) is 5.75 Å². The van der Waals surface area contributed by atoms with E-state index in [1.54, 1.807) is 0 Å². The Kier molecular flexibility index (Phi) is 4.39. The van der Waals surface area contributed by atoms with Gasteiger partial charge in [-0.3, -0.25) is 0 Å². The summed E-state index contributed by atoms with van der Waals surface area (Å²) < 4.78 is 5.73. The molecule has 5 heteroatoms. The minimum absolute atomic E-state index is 0.183. The summed E-state index contributed by atoms with van der Waals surface area (Å²) >= 11 is 1.22. The van der Waals surface area contributed by atoms with Gasteiger partial charge in [0.2, 0.25) is 0 Å². The molecule has 2 aromatic rings. The maximum Gasteiger partial charge on any atom is 0.347 e. The lowest BCUT2D eigenvalue weighted by atomic mass is 10.1. The molecular weight excluding hydrogens is 274 g/mol. The Bertz CT molecular complexity index is 634. The summed E-state index contributed by atoms with van der Waals surface area (Å²) in [7, 11) is 0. The van der Waals surface area contributed by atoms with Crippen molar-refractivity contribution >= 4 is 17.3 Å². The number of carboxylic acids is 1. The second-order valence-corrected chi connectivity index (χ2v) is 5.68. The zero-order chi connectivity index (χ0) is 14.7. The van der Waals surface area contributed by atoms with Crippen LogP contribution in [0.15, 0.2) is 18.2 Å². The molecular formula is C15H17NO3S. The van der Waals surface area contributed by atoms with Crippen molar-refractivity contribution in [1.82, 2.24) is 4.98 Å². The summed E-state index contributed by atoms with van der Waals surface area (Å²) in [6.07, 6.45) is 0.731. The lowest BCUT2D eigenvalue weighted by Crippen LogP contribution is -2.04. The van der Waals surface area contributed by atoms with Crippen LogP contribution in [-0.2, 0) is 13.0 Å². The number of aromatic nitrogens is 1. The number of aromatic carboxylic acids is 1. The molecule has 4 nitrogen and oxygen atoms in total. The third-order valence-corrected chi connectivity index (χ3v) is 4.18. The first-order valence-corrected chi connectivity index (χ1v) is 7.24. The van der Waals surface area contributed by atoms with Gasteiger partial charge in [-0.05, 0) is 37.5 Å². The number of nitrogens with zero attached hydrogens (tertiary/aromatic N) is 1. The molecule has 0 saturated heterocycles. The number of ether oxygens (including phenoxy) is 1. The molecule has 0 bridgehead atoms. The third kappa shape index (κ3) is 3.17. The molecule has 106 valence electrons. The first-order chi connectivity index (χ1) is 9.51. The monoisotopic (exact) mass is 291 g/mol. The maximum atomic E-state index is 11.2. The van der Waals surface area contributed by atoms with E-state index in [0.29, 0.717) is 5.69 Å². The van der Waals surface area contributed by atoms with E-state index < -0.39 is 5.97 Å². The number of hydrogen-bond acceptors (Lipinski definition) is 4. The van der Waals surface area contributed by atoms with Crippen LogP contribution in [0.3, 0.4) is 0 Å². The van der Waals surface area contributed by atoms with Crippen molar-refractivity contribution in [3.63, 3.8) is 0 Å². The fourth-order valence-corrected chi connectivity index (χ4v) is 2.67. The van der Waals surface area contributed by atoms with Gasteiger partial charge in [-0.25, -0.2) is 9.78 Å². The van der Waals surface area contributed by atoms with Gasteiger partial charge in [-0.15, -0.1) is 11.3 Å². The summed E-state index contributed by atoms with van der Waals surface area (Å²) in [5.41, 5.74) is 2.63. The third-order valence-electron chi connectivity index (χ3n) is 2.95. The Balaban J connectivity index is 2.20. The molecule has 1 heterocycles. The SMILES string of the molecule is CCc1nc(COc2cc(C)ccc2C)c(C(=O)O)s1. The smallest absolute Gasteiger partial charge is 0.347 e. The molecule has 1 aromatic carbocycles. The highest BCUT2D eigenvalue weighted by Gasteiger charge is 2.17. The van der Waals surface area contributed by atoms with E-state index in [2.05, 4.69) is 4.98 Å². The maximum absolute atomic E-state index is 11.2. The Morgan fingerprint density at radius 3 is 2.80 bits per heavy atom. The van der Waals surface area contributed by atoms with E-state index in [1.165, 1.54) is 11.3 Å². The molecule has 0 atom stereocenters. The molecule has 0 fully saturated rings. The van der Waals surface area contributed by atoms with Crippen LogP contribution in [0.25, 0.3) is 0 Å². The molecule has 0 aliphatic rings. The van der Waals surface area contributed by atoms with Crippen molar-refractivity contribution in [3.8, 4) is 5.75 Å². The Morgan fingerprint density at radius 2 is 2.15 bits per heavy atom. The number of benzene rings is 1. The molecule has 0 unspecified atom stereocenters. The van der Waals surface area contributed by atoms with Gasteiger partial charge in [-0.2, -0.15) is 0 Å². The first kappa shape index (κ1) is 14.5. The Hall–Kier alpha value is -1.88. The summed E-state index contributed by atoms with van der Waals surface area (Å²) in [6, 6.07) is 5.95. The van der Waals surface area contributed by atoms with Gasteiger partial charge in [0.05, 0.1) is 5.01 Å². The molecule has 1 N–H and O–H groups in total. The highest BCUT2D eigenvalue weighted by atomic mass is 32.1. The lowest BCUT2D eigenvalue weighted by Gasteiger charge is -2.09. The van der Waals surface area contributed by atoms with E-state index in [4.69, 9.17) is 4.74 Å². The standard InChI is InChI=1S/C15H17NO3S/c1-4-13-16-11(14(20-13)15(17)18)8-19-12-7-9(2)5-6-10(12)3/h5-7H,4,8H2,1-3H3,(H,17,18). The van der Waals surface area contributed by atoms with E-state index >= 15 is 0 Å². The zero-order valence-corrected chi connectivity index (χ0v) is 12.6. The molecule has 0 aliphatic heterocycles. The van der Waals surface area contributed by atoms with Crippen LogP contribution >= 0.6 is 11.3 Å². The average molecular weight is 291 g/mol. The van der Waals surface area contributed by atoms with E-state index in [1.807, 2.05) is 39.0 Å². The molecule has 0 radical (unpaired) electrons. The van der Waals surface area contributed by atoms with Gasteiger partial charge < -0.3 is 9.84 Å². The quantitative estimate of drug-likeness (QED) is 0.914. The topological polar surface area (TPSA) is 59.4 Å². The summed E-state index contributed by atoms with van der Waals surface area (Å²) in [6.45, 7) is 6.10. The highest BCUT2D eigenvalue weighted by molar-refractivity contribution is 7.13. The normalized spacial score (nSPS) is 10.6. The largest absolute Gasteiger partial charge is 0.487 e. The van der Waals surface area contributed by atoms with Crippen LogP contribution in [0.1, 0.15) is 38.4 Å². The number of hydrogen-bond donors (Lipinski definition) is 1. The van der Waals surface area contributed by atoms with E-state index in [0.717, 1.165) is 28.3 Å². The van der Waals surface area contributed by atoms with Gasteiger partial charge in [0.1, 0.15) is 22.9 Å². The van der Waals surface area contributed by atoms with Crippen LogP contribution in [0.2, 0.25) is 0 Å². The number of aryl methyl sites for hydroxylation is 3. The average Bonchev–Trinajstić information content (AvgIpc) is 2.83. The van der Waals surface area contributed by atoms with Crippen LogP contribution in [0, 0.1) is 13.8 Å². The summed E-state index contributed by atoms with van der Waals surface area (Å²) in [4.78, 5) is 15.8. The predicted molar refractivity (Wildman–Crippen MR) is 78.7 cm³/mol. The zero-order valence-electron chi connectivity index (χ0n) is 11.8. The number of carbonyl (C=O) groups is 1. The van der Waals surface area contributed by atoms with Crippen LogP contribution in [-0.4, -0.2) is 16.1 Å². The summed E-state index contributed by atoms with van der Waals surface area (Å²) in [5, 5.41) is 10.0. The second kappa shape index (κ2) is 6.05. The van der Waals surface area contributed by atoms with E-state index in [9.17, 15) is 9.90 Å². The number of thiazole rings is 1. The van der Waals surface area contributed by atoms with Crippen molar-refractivity contribution < 1.29 is 14.6 Å². The fraction of sp³-hybridized carbons (Fsp3) is 0.333. The lowest BCUT2D eigenvalue weighted by molar-refractivity contribution is 0.0699. The van der Waals surface area contributed by atoms with Gasteiger partial charge in [-0.1, -0.05) is 19.1 Å². The minimum Gasteiger partial charge on any atom is -0.487 e. The number of rotatable bonds is 5. The molecule has 20 heavy (non-hydrogen) atoms.